The summed E-state index contributed by atoms with van der Waals surface area (Å²) in [4.78, 5) is 2.55. The summed E-state index contributed by atoms with van der Waals surface area (Å²) in [5.74, 6) is 0. The minimum Gasteiger partial charge on any atom is -0.314 e. The van der Waals surface area contributed by atoms with Gasteiger partial charge in [0.25, 0.3) is 0 Å². The lowest BCUT2D eigenvalue weighted by Crippen LogP contribution is -2.42. The number of hydrogen-bond acceptors (Lipinski definition) is 2. The Hall–Kier alpha value is -1.64. The summed E-state index contributed by atoms with van der Waals surface area (Å²) in [6, 6.07) is 17.7. The van der Waals surface area contributed by atoms with Gasteiger partial charge in [-0.25, -0.2) is 0 Å². The molecule has 1 fully saturated rings. The van der Waals surface area contributed by atoms with Crippen molar-refractivity contribution in [1.29, 1.82) is 0 Å². The van der Waals surface area contributed by atoms with Gasteiger partial charge in [-0.05, 0) is 28.7 Å². The molecule has 0 aliphatic carbocycles. The van der Waals surface area contributed by atoms with E-state index in [0.29, 0.717) is 0 Å². The Labute approximate surface area is 127 Å². The highest BCUT2D eigenvalue weighted by Crippen LogP contribution is 2.28. The number of piperazine rings is 1. The number of hydrogen-bond donors (Lipinski definition) is 1. The molecule has 0 aromatic heterocycles. The fourth-order valence-corrected chi connectivity index (χ4v) is 3.12. The van der Waals surface area contributed by atoms with Crippen LogP contribution < -0.4 is 5.32 Å². The Morgan fingerprint density at radius 2 is 1.43 bits per heavy atom. The van der Waals surface area contributed by atoms with E-state index in [1.165, 1.54) is 22.3 Å². The van der Waals surface area contributed by atoms with E-state index in [1.807, 2.05) is 0 Å². The normalized spacial score (nSPS) is 16.0. The first kappa shape index (κ1) is 14.3. The molecule has 110 valence electrons. The SMILES string of the molecule is CCc1ccccc1-c1ccccc1CN1CCNCC1. The van der Waals surface area contributed by atoms with E-state index < -0.39 is 0 Å². The summed E-state index contributed by atoms with van der Waals surface area (Å²) in [5, 5.41) is 3.42. The third-order valence-corrected chi connectivity index (χ3v) is 4.31. The van der Waals surface area contributed by atoms with Gasteiger partial charge in [-0.2, -0.15) is 0 Å². The molecule has 1 heterocycles. The molecule has 1 aliphatic rings. The first-order valence-electron chi connectivity index (χ1n) is 7.97. The van der Waals surface area contributed by atoms with Crippen LogP contribution >= 0.6 is 0 Å². The lowest BCUT2D eigenvalue weighted by molar-refractivity contribution is 0.233. The van der Waals surface area contributed by atoms with E-state index >= 15 is 0 Å². The quantitative estimate of drug-likeness (QED) is 0.924. The van der Waals surface area contributed by atoms with Crippen molar-refractivity contribution >= 4 is 0 Å². The smallest absolute Gasteiger partial charge is 0.0240 e. The van der Waals surface area contributed by atoms with Gasteiger partial charge in [0.1, 0.15) is 0 Å². The molecule has 21 heavy (non-hydrogen) atoms. The van der Waals surface area contributed by atoms with Crippen LogP contribution in [0.15, 0.2) is 48.5 Å². The molecule has 1 N–H and O–H groups in total. The molecule has 0 radical (unpaired) electrons. The Kier molecular flexibility index (Phi) is 4.69. The van der Waals surface area contributed by atoms with Crippen molar-refractivity contribution in [3.8, 4) is 11.1 Å². The highest BCUT2D eigenvalue weighted by Gasteiger charge is 2.13. The fraction of sp³-hybridized carbons (Fsp3) is 0.368. The van der Waals surface area contributed by atoms with Crippen LogP contribution in [0.5, 0.6) is 0 Å². The van der Waals surface area contributed by atoms with E-state index in [-0.39, 0.29) is 0 Å². The average Bonchev–Trinajstić information content (AvgIpc) is 2.56. The number of aryl methyl sites for hydroxylation is 1. The van der Waals surface area contributed by atoms with E-state index in [1.54, 1.807) is 0 Å². The van der Waals surface area contributed by atoms with Gasteiger partial charge < -0.3 is 5.32 Å². The van der Waals surface area contributed by atoms with Crippen LogP contribution in [0.2, 0.25) is 0 Å². The third kappa shape index (κ3) is 3.34. The number of rotatable bonds is 4. The van der Waals surface area contributed by atoms with Gasteiger partial charge in [-0.1, -0.05) is 55.5 Å². The second-order valence-corrected chi connectivity index (χ2v) is 5.69. The zero-order valence-electron chi connectivity index (χ0n) is 12.8. The summed E-state index contributed by atoms with van der Waals surface area (Å²) in [7, 11) is 0. The number of nitrogens with one attached hydrogen (secondary N) is 1. The van der Waals surface area contributed by atoms with E-state index in [0.717, 1.165) is 39.1 Å². The second kappa shape index (κ2) is 6.88. The van der Waals surface area contributed by atoms with Crippen molar-refractivity contribution in [1.82, 2.24) is 10.2 Å². The Morgan fingerprint density at radius 1 is 0.857 bits per heavy atom. The summed E-state index contributed by atoms with van der Waals surface area (Å²) in [6.07, 6.45) is 1.08. The van der Waals surface area contributed by atoms with Crippen molar-refractivity contribution in [2.45, 2.75) is 19.9 Å². The predicted molar refractivity (Wildman–Crippen MR) is 89.4 cm³/mol. The van der Waals surface area contributed by atoms with Gasteiger partial charge in [-0.15, -0.1) is 0 Å². The molecule has 1 aliphatic heterocycles. The molecule has 3 rings (SSSR count). The monoisotopic (exact) mass is 280 g/mol. The number of benzene rings is 2. The molecule has 0 spiro atoms. The molecule has 2 aromatic rings. The third-order valence-electron chi connectivity index (χ3n) is 4.31. The lowest BCUT2D eigenvalue weighted by atomic mass is 9.94. The lowest BCUT2D eigenvalue weighted by Gasteiger charge is -2.28. The standard InChI is InChI=1S/C19H24N2/c1-2-16-7-3-5-9-18(16)19-10-6-4-8-17(19)15-21-13-11-20-12-14-21/h3-10,20H,2,11-15H2,1H3. The van der Waals surface area contributed by atoms with Gasteiger partial charge in [-0.3, -0.25) is 4.90 Å². The molecular formula is C19H24N2. The molecule has 2 nitrogen and oxygen atoms in total. The van der Waals surface area contributed by atoms with Gasteiger partial charge in [0.2, 0.25) is 0 Å². The Balaban J connectivity index is 1.91. The zero-order chi connectivity index (χ0) is 14.5. The molecule has 2 aromatic carbocycles. The van der Waals surface area contributed by atoms with Crippen LogP contribution in [0.25, 0.3) is 11.1 Å². The molecule has 2 heteroatoms. The predicted octanol–water partition coefficient (Wildman–Crippen LogP) is 3.32. The molecule has 0 unspecified atom stereocenters. The fourth-order valence-electron chi connectivity index (χ4n) is 3.12. The number of nitrogens with zero attached hydrogens (tertiary/aromatic N) is 1. The highest BCUT2D eigenvalue weighted by atomic mass is 15.2. The van der Waals surface area contributed by atoms with Gasteiger partial charge >= 0.3 is 0 Å². The van der Waals surface area contributed by atoms with Gasteiger partial charge in [0, 0.05) is 32.7 Å². The van der Waals surface area contributed by atoms with Crippen LogP contribution in [0, 0.1) is 0 Å². The van der Waals surface area contributed by atoms with Gasteiger partial charge in [0.05, 0.1) is 0 Å². The van der Waals surface area contributed by atoms with Crippen molar-refractivity contribution in [3.63, 3.8) is 0 Å². The minimum atomic E-state index is 1.05. The molecule has 0 saturated carbocycles. The molecule has 1 saturated heterocycles. The van der Waals surface area contributed by atoms with E-state index in [2.05, 4.69) is 65.7 Å². The van der Waals surface area contributed by atoms with E-state index in [9.17, 15) is 0 Å². The van der Waals surface area contributed by atoms with Crippen molar-refractivity contribution in [2.24, 2.45) is 0 Å². The van der Waals surface area contributed by atoms with Crippen LogP contribution in [-0.4, -0.2) is 31.1 Å². The van der Waals surface area contributed by atoms with Crippen molar-refractivity contribution in [2.75, 3.05) is 26.2 Å². The molecule has 0 bridgehead atoms. The van der Waals surface area contributed by atoms with Crippen LogP contribution in [0.4, 0.5) is 0 Å². The maximum absolute atomic E-state index is 3.42. The largest absolute Gasteiger partial charge is 0.314 e. The topological polar surface area (TPSA) is 15.3 Å². The summed E-state index contributed by atoms with van der Waals surface area (Å²) in [6.45, 7) is 7.78. The summed E-state index contributed by atoms with van der Waals surface area (Å²) < 4.78 is 0. The molecule has 0 atom stereocenters. The van der Waals surface area contributed by atoms with Crippen LogP contribution in [0.3, 0.4) is 0 Å². The minimum absolute atomic E-state index is 1.05. The second-order valence-electron chi connectivity index (χ2n) is 5.69. The maximum atomic E-state index is 3.42. The highest BCUT2D eigenvalue weighted by molar-refractivity contribution is 5.70. The zero-order valence-corrected chi connectivity index (χ0v) is 12.8. The summed E-state index contributed by atoms with van der Waals surface area (Å²) in [5.41, 5.74) is 5.67. The Morgan fingerprint density at radius 3 is 2.10 bits per heavy atom. The van der Waals surface area contributed by atoms with Crippen molar-refractivity contribution < 1.29 is 0 Å². The van der Waals surface area contributed by atoms with Crippen LogP contribution in [-0.2, 0) is 13.0 Å². The van der Waals surface area contributed by atoms with E-state index in [4.69, 9.17) is 0 Å². The average molecular weight is 280 g/mol. The maximum Gasteiger partial charge on any atom is 0.0240 e. The van der Waals surface area contributed by atoms with Crippen LogP contribution in [0.1, 0.15) is 18.1 Å². The molecule has 0 amide bonds. The van der Waals surface area contributed by atoms with Gasteiger partial charge in [0.15, 0.2) is 0 Å². The first-order chi connectivity index (χ1) is 10.4. The molecular weight excluding hydrogens is 256 g/mol. The Bertz CT molecular complexity index is 586. The first-order valence-corrected chi connectivity index (χ1v) is 7.97. The van der Waals surface area contributed by atoms with Crippen molar-refractivity contribution in [3.05, 3.63) is 59.7 Å². The summed E-state index contributed by atoms with van der Waals surface area (Å²) >= 11 is 0.